The van der Waals surface area contributed by atoms with E-state index in [1.54, 1.807) is 12.1 Å². The van der Waals surface area contributed by atoms with Crippen LogP contribution in [0.25, 0.3) is 16.3 Å². The second-order valence-electron chi connectivity index (χ2n) is 7.86. The number of fused-ring (bicyclic) bond motifs is 1. The number of aromatic amines is 1. The lowest BCUT2D eigenvalue weighted by atomic mass is 9.98. The third-order valence-corrected chi connectivity index (χ3v) is 5.79. The molecule has 0 amide bonds. The highest BCUT2D eigenvalue weighted by Crippen LogP contribution is 2.31. The topological polar surface area (TPSA) is 49.0 Å². The first kappa shape index (κ1) is 21.3. The average Bonchev–Trinajstić information content (AvgIpc) is 2.78. The summed E-state index contributed by atoms with van der Waals surface area (Å²) in [6.45, 7) is 2.65. The number of unbranched alkanes of at least 4 members (excludes halogenated alkanes) is 1. The van der Waals surface area contributed by atoms with Crippen LogP contribution >= 0.6 is 0 Å². The van der Waals surface area contributed by atoms with Crippen molar-refractivity contribution in [2.45, 2.75) is 31.9 Å². The highest BCUT2D eigenvalue weighted by molar-refractivity contribution is 5.83. The molecule has 3 aromatic rings. The molecule has 1 aromatic heterocycles. The molecular weight excluding hydrogens is 403 g/mol. The van der Waals surface area contributed by atoms with Crippen molar-refractivity contribution in [3.05, 3.63) is 81.8 Å². The second-order valence-corrected chi connectivity index (χ2v) is 7.86. The molecule has 0 radical (unpaired) electrons. The molecule has 2 aromatic carbocycles. The van der Waals surface area contributed by atoms with Gasteiger partial charge in [0, 0.05) is 18.5 Å². The summed E-state index contributed by atoms with van der Waals surface area (Å²) in [5.74, 6) is 0. The van der Waals surface area contributed by atoms with E-state index < -0.39 is 11.7 Å². The fourth-order valence-electron chi connectivity index (χ4n) is 4.04. The minimum atomic E-state index is -4.30. The first-order valence-electron chi connectivity index (χ1n) is 10.5. The molecule has 0 atom stereocenters. The summed E-state index contributed by atoms with van der Waals surface area (Å²) in [7, 11) is 0. The molecule has 0 aliphatic carbocycles. The van der Waals surface area contributed by atoms with Gasteiger partial charge in [0.1, 0.15) is 0 Å². The van der Waals surface area contributed by atoms with Crippen LogP contribution < -0.4 is 5.56 Å². The summed E-state index contributed by atoms with van der Waals surface area (Å²) in [6, 6.07) is 12.9. The van der Waals surface area contributed by atoms with Crippen molar-refractivity contribution in [2.24, 2.45) is 0 Å². The molecule has 1 aliphatic rings. The highest BCUT2D eigenvalue weighted by Gasteiger charge is 2.30. The molecule has 0 fully saturated rings. The van der Waals surface area contributed by atoms with Crippen molar-refractivity contribution in [1.82, 2.24) is 15.1 Å². The molecule has 1 N–H and O–H groups in total. The number of hydrogen-bond acceptors (Lipinski definition) is 3. The third kappa shape index (κ3) is 5.05. The van der Waals surface area contributed by atoms with Crippen molar-refractivity contribution in [3.8, 4) is 0 Å². The summed E-state index contributed by atoms with van der Waals surface area (Å²) in [5, 5.41) is 8.38. The van der Waals surface area contributed by atoms with Gasteiger partial charge in [0.15, 0.2) is 0 Å². The summed E-state index contributed by atoms with van der Waals surface area (Å²) in [6.07, 6.45) is 1.43. The first-order chi connectivity index (χ1) is 14.9. The fourth-order valence-corrected chi connectivity index (χ4v) is 4.04. The first-order valence-corrected chi connectivity index (χ1v) is 10.5. The molecule has 4 nitrogen and oxygen atoms in total. The van der Waals surface area contributed by atoms with E-state index in [9.17, 15) is 18.0 Å². The van der Waals surface area contributed by atoms with Crippen molar-refractivity contribution < 1.29 is 13.2 Å². The van der Waals surface area contributed by atoms with Crippen LogP contribution in [0.15, 0.2) is 59.4 Å². The van der Waals surface area contributed by atoms with Crippen LogP contribution in [0.2, 0.25) is 0 Å². The Morgan fingerprint density at radius 1 is 1.00 bits per heavy atom. The molecular formula is C24H24F3N3O. The molecule has 0 saturated heterocycles. The maximum Gasteiger partial charge on any atom is 0.416 e. The van der Waals surface area contributed by atoms with Crippen LogP contribution in [-0.4, -0.2) is 34.7 Å². The lowest BCUT2D eigenvalue weighted by molar-refractivity contribution is -0.137. The SMILES string of the molecule is O=c1[nH]nc(CCCCN2CC=C(c3ccc(C(F)(F)F)cc3)CC2)c2ccccc12. The number of aromatic nitrogens is 2. The predicted molar refractivity (Wildman–Crippen MR) is 116 cm³/mol. The van der Waals surface area contributed by atoms with E-state index in [4.69, 9.17) is 0 Å². The minimum absolute atomic E-state index is 0.164. The molecule has 7 heteroatoms. The Morgan fingerprint density at radius 3 is 2.42 bits per heavy atom. The van der Waals surface area contributed by atoms with Gasteiger partial charge in [-0.15, -0.1) is 0 Å². The molecule has 162 valence electrons. The number of aryl methyl sites for hydroxylation is 1. The van der Waals surface area contributed by atoms with E-state index in [1.807, 2.05) is 24.3 Å². The number of nitrogens with one attached hydrogen (secondary N) is 1. The maximum atomic E-state index is 12.7. The van der Waals surface area contributed by atoms with E-state index >= 15 is 0 Å². The zero-order chi connectivity index (χ0) is 21.8. The largest absolute Gasteiger partial charge is 0.416 e. The van der Waals surface area contributed by atoms with Gasteiger partial charge in [-0.05, 0) is 61.6 Å². The molecule has 1 aliphatic heterocycles. The lowest BCUT2D eigenvalue weighted by Crippen LogP contribution is -2.29. The quantitative estimate of drug-likeness (QED) is 0.560. The number of alkyl halides is 3. The predicted octanol–water partition coefficient (Wildman–Crippen LogP) is 5.05. The van der Waals surface area contributed by atoms with Crippen LogP contribution in [0, 0.1) is 0 Å². The fraction of sp³-hybridized carbons (Fsp3) is 0.333. The van der Waals surface area contributed by atoms with Gasteiger partial charge in [-0.2, -0.15) is 18.3 Å². The van der Waals surface area contributed by atoms with Crippen molar-refractivity contribution in [2.75, 3.05) is 19.6 Å². The van der Waals surface area contributed by atoms with Crippen LogP contribution in [0.1, 0.15) is 36.1 Å². The zero-order valence-electron chi connectivity index (χ0n) is 17.1. The van der Waals surface area contributed by atoms with Crippen LogP contribution in [0.3, 0.4) is 0 Å². The average molecular weight is 427 g/mol. The minimum Gasteiger partial charge on any atom is -0.299 e. The number of hydrogen-bond donors (Lipinski definition) is 1. The van der Waals surface area contributed by atoms with E-state index in [0.717, 1.165) is 79.7 Å². The summed E-state index contributed by atoms with van der Waals surface area (Å²) in [5.41, 5.74) is 2.11. The van der Waals surface area contributed by atoms with Crippen LogP contribution in [0.4, 0.5) is 13.2 Å². The summed E-state index contributed by atoms with van der Waals surface area (Å²) in [4.78, 5) is 14.2. The molecule has 2 heterocycles. The standard InChI is InChI=1S/C24H24F3N3O/c25-24(26,27)19-10-8-17(9-11-19)18-12-15-30(16-13-18)14-4-3-7-22-20-5-1-2-6-21(20)23(31)29-28-22/h1-2,5-6,8-12H,3-4,7,13-16H2,(H,29,31). The molecule has 0 unspecified atom stereocenters. The number of nitrogens with zero attached hydrogens (tertiary/aromatic N) is 2. The van der Waals surface area contributed by atoms with Crippen molar-refractivity contribution in [3.63, 3.8) is 0 Å². The Balaban J connectivity index is 1.28. The van der Waals surface area contributed by atoms with Gasteiger partial charge in [0.05, 0.1) is 16.6 Å². The van der Waals surface area contributed by atoms with Gasteiger partial charge in [-0.3, -0.25) is 9.69 Å². The third-order valence-electron chi connectivity index (χ3n) is 5.79. The summed E-state index contributed by atoms with van der Waals surface area (Å²) >= 11 is 0. The molecule has 0 spiro atoms. The molecule has 0 saturated carbocycles. The lowest BCUT2D eigenvalue weighted by Gasteiger charge is -2.26. The number of H-pyrrole nitrogens is 1. The van der Waals surface area contributed by atoms with Gasteiger partial charge >= 0.3 is 6.18 Å². The Labute approximate surface area is 178 Å². The van der Waals surface area contributed by atoms with Gasteiger partial charge in [-0.25, -0.2) is 5.10 Å². The van der Waals surface area contributed by atoms with Gasteiger partial charge < -0.3 is 0 Å². The number of benzene rings is 2. The number of rotatable bonds is 6. The summed E-state index contributed by atoms with van der Waals surface area (Å²) < 4.78 is 38.2. The maximum absolute atomic E-state index is 12.7. The van der Waals surface area contributed by atoms with E-state index in [-0.39, 0.29) is 5.56 Å². The number of halogens is 3. The van der Waals surface area contributed by atoms with Gasteiger partial charge in [-0.1, -0.05) is 36.4 Å². The molecule has 0 bridgehead atoms. The zero-order valence-corrected chi connectivity index (χ0v) is 17.1. The Kier molecular flexibility index (Phi) is 6.23. The van der Waals surface area contributed by atoms with Crippen molar-refractivity contribution in [1.29, 1.82) is 0 Å². The van der Waals surface area contributed by atoms with Crippen LogP contribution in [-0.2, 0) is 12.6 Å². The molecule has 31 heavy (non-hydrogen) atoms. The Morgan fingerprint density at radius 2 is 1.74 bits per heavy atom. The van der Waals surface area contributed by atoms with Gasteiger partial charge in [0.2, 0.25) is 0 Å². The van der Waals surface area contributed by atoms with Crippen molar-refractivity contribution >= 4 is 16.3 Å². The Bertz CT molecular complexity index is 1130. The van der Waals surface area contributed by atoms with E-state index in [2.05, 4.69) is 21.2 Å². The normalized spacial score (nSPS) is 15.3. The van der Waals surface area contributed by atoms with E-state index in [1.165, 1.54) is 0 Å². The van der Waals surface area contributed by atoms with Gasteiger partial charge in [0.25, 0.3) is 5.56 Å². The van der Waals surface area contributed by atoms with Crippen LogP contribution in [0.5, 0.6) is 0 Å². The molecule has 4 rings (SSSR count). The Hall–Kier alpha value is -2.93. The van der Waals surface area contributed by atoms with E-state index in [0.29, 0.717) is 5.39 Å². The highest BCUT2D eigenvalue weighted by atomic mass is 19.4. The second kappa shape index (κ2) is 9.06. The monoisotopic (exact) mass is 427 g/mol. The smallest absolute Gasteiger partial charge is 0.299 e.